The molecule has 0 unspecified atom stereocenters. The van der Waals surface area contributed by atoms with E-state index < -0.39 is 27.4 Å². The number of hydrogen-bond donors (Lipinski definition) is 1. The first kappa shape index (κ1) is 17.1. The van der Waals surface area contributed by atoms with E-state index in [-0.39, 0.29) is 16.8 Å². The van der Waals surface area contributed by atoms with Crippen LogP contribution in [0.5, 0.6) is 5.75 Å². The van der Waals surface area contributed by atoms with Crippen molar-refractivity contribution >= 4 is 15.7 Å². The normalized spacial score (nSPS) is 12.6. The Hall–Kier alpha value is -2.23. The summed E-state index contributed by atoms with van der Waals surface area (Å²) in [6.45, 7) is 2.94. The lowest BCUT2D eigenvalue weighted by Crippen LogP contribution is -2.22. The lowest BCUT2D eigenvalue weighted by Gasteiger charge is -2.13. The highest BCUT2D eigenvalue weighted by atomic mass is 32.2. The molecule has 0 saturated carbocycles. The number of hydrogen-bond acceptors (Lipinski definition) is 5. The zero-order chi connectivity index (χ0) is 17.4. The van der Waals surface area contributed by atoms with Gasteiger partial charge in [0.1, 0.15) is 5.75 Å². The van der Waals surface area contributed by atoms with Crippen LogP contribution in [0.4, 0.5) is 18.9 Å². The third-order valence-electron chi connectivity index (χ3n) is 2.96. The predicted octanol–water partition coefficient (Wildman–Crippen LogP) is 2.62. The summed E-state index contributed by atoms with van der Waals surface area (Å²) in [5, 5.41) is 2.97. The number of nitrogens with zero attached hydrogens (tertiary/aromatic N) is 2. The van der Waals surface area contributed by atoms with Crippen molar-refractivity contribution < 1.29 is 26.3 Å². The second-order valence-electron chi connectivity index (χ2n) is 5.00. The quantitative estimate of drug-likeness (QED) is 0.858. The van der Waals surface area contributed by atoms with Gasteiger partial charge in [0.15, 0.2) is 0 Å². The molecule has 0 fully saturated rings. The standard InChI is InChI=1S/C13H14F3N3O3S/c1-8(2)23(20,21)19-7-9(6-18-19)11-5-10(17)3-4-12(11)22-13(14,15)16/h3-8H,17H2,1-2H3. The van der Waals surface area contributed by atoms with Crippen molar-refractivity contribution in [2.24, 2.45) is 0 Å². The number of halogens is 3. The molecule has 0 spiro atoms. The van der Waals surface area contributed by atoms with Crippen molar-refractivity contribution in [2.45, 2.75) is 25.5 Å². The van der Waals surface area contributed by atoms with Gasteiger partial charge >= 0.3 is 6.36 Å². The van der Waals surface area contributed by atoms with Gasteiger partial charge in [-0.2, -0.15) is 9.19 Å². The van der Waals surface area contributed by atoms with Gasteiger partial charge in [-0.25, -0.2) is 8.42 Å². The third kappa shape index (κ3) is 3.76. The maximum Gasteiger partial charge on any atom is 0.573 e. The maximum absolute atomic E-state index is 12.5. The fourth-order valence-electron chi connectivity index (χ4n) is 1.79. The van der Waals surface area contributed by atoms with Crippen LogP contribution >= 0.6 is 0 Å². The zero-order valence-corrected chi connectivity index (χ0v) is 13.0. The van der Waals surface area contributed by atoms with Crippen molar-refractivity contribution in [3.05, 3.63) is 30.6 Å². The Bertz CT molecular complexity index is 813. The van der Waals surface area contributed by atoms with Crippen molar-refractivity contribution in [3.8, 4) is 16.9 Å². The molecule has 1 heterocycles. The first-order valence-corrected chi connectivity index (χ1v) is 7.96. The van der Waals surface area contributed by atoms with Crippen LogP contribution in [0.25, 0.3) is 11.1 Å². The number of nitrogen functional groups attached to an aromatic ring is 1. The van der Waals surface area contributed by atoms with E-state index in [1.165, 1.54) is 26.0 Å². The monoisotopic (exact) mass is 349 g/mol. The van der Waals surface area contributed by atoms with Crippen LogP contribution in [0.3, 0.4) is 0 Å². The van der Waals surface area contributed by atoms with E-state index in [9.17, 15) is 21.6 Å². The Morgan fingerprint density at radius 1 is 1.30 bits per heavy atom. The Balaban J connectivity index is 2.51. The molecule has 0 radical (unpaired) electrons. The molecule has 0 aliphatic rings. The summed E-state index contributed by atoms with van der Waals surface area (Å²) in [7, 11) is -3.71. The summed E-state index contributed by atoms with van der Waals surface area (Å²) in [4.78, 5) is 0. The first-order valence-electron chi connectivity index (χ1n) is 6.45. The topological polar surface area (TPSA) is 87.2 Å². The molecule has 2 N–H and O–H groups in total. The average Bonchev–Trinajstić information content (AvgIpc) is 2.89. The van der Waals surface area contributed by atoms with Gasteiger partial charge in [0.05, 0.1) is 17.6 Å². The molecular formula is C13H14F3N3O3S. The summed E-state index contributed by atoms with van der Waals surface area (Å²) >= 11 is 0. The largest absolute Gasteiger partial charge is 0.573 e. The molecule has 0 bridgehead atoms. The van der Waals surface area contributed by atoms with Gasteiger partial charge in [-0.1, -0.05) is 0 Å². The number of rotatable bonds is 4. The summed E-state index contributed by atoms with van der Waals surface area (Å²) in [5.41, 5.74) is 5.92. The van der Waals surface area contributed by atoms with Crippen molar-refractivity contribution in [1.82, 2.24) is 9.19 Å². The van der Waals surface area contributed by atoms with E-state index in [4.69, 9.17) is 5.73 Å². The molecule has 0 amide bonds. The molecule has 6 nitrogen and oxygen atoms in total. The highest BCUT2D eigenvalue weighted by Crippen LogP contribution is 2.35. The zero-order valence-electron chi connectivity index (χ0n) is 12.2. The Morgan fingerprint density at radius 3 is 2.52 bits per heavy atom. The third-order valence-corrected chi connectivity index (χ3v) is 4.87. The number of anilines is 1. The molecule has 0 saturated heterocycles. The molecule has 2 aromatic rings. The molecule has 2 rings (SSSR count). The molecule has 0 aliphatic heterocycles. The smallest absolute Gasteiger partial charge is 0.405 e. The molecule has 0 atom stereocenters. The minimum absolute atomic E-state index is 0.00692. The maximum atomic E-state index is 12.5. The van der Waals surface area contributed by atoms with Crippen LogP contribution in [0.2, 0.25) is 0 Å². The van der Waals surface area contributed by atoms with Gasteiger partial charge < -0.3 is 10.5 Å². The van der Waals surface area contributed by atoms with Gasteiger partial charge in [0, 0.05) is 16.8 Å². The average molecular weight is 349 g/mol. The molecule has 0 aliphatic carbocycles. The highest BCUT2D eigenvalue weighted by molar-refractivity contribution is 7.90. The van der Waals surface area contributed by atoms with Gasteiger partial charge in [-0.15, -0.1) is 13.2 Å². The molecule has 1 aromatic carbocycles. The molecular weight excluding hydrogens is 335 g/mol. The minimum atomic E-state index is -4.88. The summed E-state index contributed by atoms with van der Waals surface area (Å²) in [6, 6.07) is 3.57. The first-order chi connectivity index (χ1) is 10.5. The number of alkyl halides is 3. The fraction of sp³-hybridized carbons (Fsp3) is 0.308. The van der Waals surface area contributed by atoms with E-state index in [0.29, 0.717) is 4.09 Å². The van der Waals surface area contributed by atoms with E-state index in [1.54, 1.807) is 0 Å². The Labute approximate surface area is 130 Å². The lowest BCUT2D eigenvalue weighted by atomic mass is 10.1. The molecule has 1 aromatic heterocycles. The highest BCUT2D eigenvalue weighted by Gasteiger charge is 2.32. The van der Waals surface area contributed by atoms with E-state index in [0.717, 1.165) is 18.5 Å². The van der Waals surface area contributed by atoms with Crippen LogP contribution in [-0.2, 0) is 10.0 Å². The SMILES string of the molecule is CC(C)S(=O)(=O)n1cc(-c2cc(N)ccc2OC(F)(F)F)cn1. The van der Waals surface area contributed by atoms with Crippen LogP contribution < -0.4 is 10.5 Å². The second-order valence-corrected chi connectivity index (χ2v) is 7.35. The summed E-state index contributed by atoms with van der Waals surface area (Å²) in [5.74, 6) is -0.492. The number of benzene rings is 1. The number of nitrogens with two attached hydrogens (primary N) is 1. The Kier molecular flexibility index (Phi) is 4.29. The second kappa shape index (κ2) is 5.76. The van der Waals surface area contributed by atoms with Crippen molar-refractivity contribution in [1.29, 1.82) is 0 Å². The van der Waals surface area contributed by atoms with Crippen LogP contribution in [0.1, 0.15) is 13.8 Å². The molecule has 10 heteroatoms. The fourth-order valence-corrected chi connectivity index (χ4v) is 2.66. The van der Waals surface area contributed by atoms with Crippen molar-refractivity contribution in [2.75, 3.05) is 5.73 Å². The van der Waals surface area contributed by atoms with Gasteiger partial charge in [0.25, 0.3) is 10.0 Å². The van der Waals surface area contributed by atoms with Crippen LogP contribution in [0, 0.1) is 0 Å². The van der Waals surface area contributed by atoms with Gasteiger partial charge in [-0.3, -0.25) is 0 Å². The predicted molar refractivity (Wildman–Crippen MR) is 78.2 cm³/mol. The number of ether oxygens (including phenoxy) is 1. The van der Waals surface area contributed by atoms with E-state index in [1.807, 2.05) is 0 Å². The summed E-state index contributed by atoms with van der Waals surface area (Å²) in [6.07, 6.45) is -2.63. The number of aromatic nitrogens is 2. The molecule has 126 valence electrons. The van der Waals surface area contributed by atoms with E-state index in [2.05, 4.69) is 9.84 Å². The van der Waals surface area contributed by atoms with E-state index >= 15 is 0 Å². The van der Waals surface area contributed by atoms with Crippen molar-refractivity contribution in [3.63, 3.8) is 0 Å². The summed E-state index contributed by atoms with van der Waals surface area (Å²) < 4.78 is 66.1. The minimum Gasteiger partial charge on any atom is -0.405 e. The molecule has 23 heavy (non-hydrogen) atoms. The van der Waals surface area contributed by atoms with Crippen LogP contribution in [0.15, 0.2) is 30.6 Å². The lowest BCUT2D eigenvalue weighted by molar-refractivity contribution is -0.274. The Morgan fingerprint density at radius 2 is 1.96 bits per heavy atom. The van der Waals surface area contributed by atoms with Crippen LogP contribution in [-0.4, -0.2) is 29.2 Å². The van der Waals surface area contributed by atoms with Gasteiger partial charge in [0.2, 0.25) is 0 Å². The van der Waals surface area contributed by atoms with Gasteiger partial charge in [-0.05, 0) is 32.0 Å².